The lowest BCUT2D eigenvalue weighted by Crippen LogP contribution is -2.38. The van der Waals surface area contributed by atoms with E-state index in [1.165, 1.54) is 7.05 Å². The molecule has 28 heavy (non-hydrogen) atoms. The van der Waals surface area contributed by atoms with Gasteiger partial charge in [0.1, 0.15) is 0 Å². The molecule has 0 spiro atoms. The second-order valence-corrected chi connectivity index (χ2v) is 7.95. The fraction of sp³-hybridized carbons (Fsp3) is 0.444. The van der Waals surface area contributed by atoms with E-state index in [1.807, 2.05) is 42.1 Å². The lowest BCUT2D eigenvalue weighted by Gasteiger charge is -2.11. The number of hydrogen-bond donors (Lipinski definition) is 3. The summed E-state index contributed by atoms with van der Waals surface area (Å²) in [5.41, 5.74) is 1.71. The summed E-state index contributed by atoms with van der Waals surface area (Å²) in [4.78, 5) is 4.58. The monoisotopic (exact) mass is 520 g/mol. The second kappa shape index (κ2) is 12.7. The first-order valence-corrected chi connectivity index (χ1v) is 10.7. The van der Waals surface area contributed by atoms with Crippen molar-refractivity contribution >= 4 is 40.0 Å². The number of aliphatic imine (C=N–C) groups is 1. The third-order valence-corrected chi connectivity index (χ3v) is 5.17. The van der Waals surface area contributed by atoms with Gasteiger partial charge in [0, 0.05) is 32.0 Å². The molecule has 0 saturated carbocycles. The normalized spacial score (nSPS) is 11.7. The number of nitrogens with zero attached hydrogens (tertiary/aromatic N) is 3. The molecule has 10 heteroatoms. The van der Waals surface area contributed by atoms with Crippen molar-refractivity contribution in [1.82, 2.24) is 25.1 Å². The van der Waals surface area contributed by atoms with Crippen LogP contribution in [0.4, 0.5) is 0 Å². The molecular formula is C18H29IN6O2S. The maximum Gasteiger partial charge on any atom is 0.215 e. The van der Waals surface area contributed by atoms with E-state index >= 15 is 0 Å². The Kier molecular flexibility index (Phi) is 11.1. The van der Waals surface area contributed by atoms with Gasteiger partial charge in [-0.3, -0.25) is 4.68 Å². The Morgan fingerprint density at radius 1 is 1.21 bits per heavy atom. The van der Waals surface area contributed by atoms with Crippen molar-refractivity contribution in [3.63, 3.8) is 0 Å². The number of nitrogens with one attached hydrogen (secondary N) is 3. The number of aryl methyl sites for hydroxylation is 1. The van der Waals surface area contributed by atoms with Gasteiger partial charge < -0.3 is 10.6 Å². The Hall–Kier alpha value is -1.66. The first-order chi connectivity index (χ1) is 13.0. The Bertz CT molecular complexity index is 824. The SMILES string of the molecule is CCNC(=NCc1cccc(CS(=O)(=O)NC)c1)NCCCn1cccn1.I. The van der Waals surface area contributed by atoms with Crippen LogP contribution in [0.15, 0.2) is 47.7 Å². The van der Waals surface area contributed by atoms with Gasteiger partial charge in [-0.25, -0.2) is 18.1 Å². The number of hydrogen-bond acceptors (Lipinski definition) is 4. The summed E-state index contributed by atoms with van der Waals surface area (Å²) in [5, 5.41) is 10.7. The van der Waals surface area contributed by atoms with Crippen LogP contribution in [0.25, 0.3) is 0 Å². The second-order valence-electron chi connectivity index (χ2n) is 6.03. The molecule has 0 bridgehead atoms. The van der Waals surface area contributed by atoms with E-state index in [-0.39, 0.29) is 29.7 Å². The molecule has 2 rings (SSSR count). The summed E-state index contributed by atoms with van der Waals surface area (Å²) >= 11 is 0. The molecule has 0 radical (unpaired) electrons. The van der Waals surface area contributed by atoms with Crippen molar-refractivity contribution in [2.45, 2.75) is 32.2 Å². The molecule has 0 atom stereocenters. The summed E-state index contributed by atoms with van der Waals surface area (Å²) < 4.78 is 27.6. The molecule has 156 valence electrons. The number of halogens is 1. The molecule has 0 saturated heterocycles. The van der Waals surface area contributed by atoms with Gasteiger partial charge in [-0.1, -0.05) is 24.3 Å². The van der Waals surface area contributed by atoms with Crippen LogP contribution in [0.5, 0.6) is 0 Å². The van der Waals surface area contributed by atoms with Crippen molar-refractivity contribution in [2.24, 2.45) is 4.99 Å². The molecule has 1 aromatic heterocycles. The van der Waals surface area contributed by atoms with Gasteiger partial charge in [0.25, 0.3) is 0 Å². The van der Waals surface area contributed by atoms with Crippen molar-refractivity contribution < 1.29 is 8.42 Å². The Labute approximate surface area is 184 Å². The lowest BCUT2D eigenvalue weighted by atomic mass is 10.1. The van der Waals surface area contributed by atoms with Crippen LogP contribution in [0.1, 0.15) is 24.5 Å². The Morgan fingerprint density at radius 3 is 2.68 bits per heavy atom. The van der Waals surface area contributed by atoms with E-state index in [2.05, 4.69) is 25.4 Å². The van der Waals surface area contributed by atoms with Gasteiger partial charge in [-0.15, -0.1) is 24.0 Å². The number of sulfonamides is 1. The van der Waals surface area contributed by atoms with Gasteiger partial charge in [-0.05, 0) is 37.6 Å². The highest BCUT2D eigenvalue weighted by Crippen LogP contribution is 2.09. The van der Waals surface area contributed by atoms with E-state index in [1.54, 1.807) is 12.3 Å². The quantitative estimate of drug-likeness (QED) is 0.192. The Balaban J connectivity index is 0.00000392. The standard InChI is InChI=1S/C18H28N6O2S.HI/c1-3-20-18(21-9-5-11-24-12-6-10-23-24)22-14-16-7-4-8-17(13-16)15-27(25,26)19-2;/h4,6-8,10,12-13,19H,3,5,9,11,14-15H2,1-2H3,(H2,20,21,22);1H. The number of aromatic nitrogens is 2. The minimum Gasteiger partial charge on any atom is -0.357 e. The van der Waals surface area contributed by atoms with Crippen molar-refractivity contribution in [2.75, 3.05) is 20.1 Å². The van der Waals surface area contributed by atoms with Crippen molar-refractivity contribution in [3.05, 3.63) is 53.9 Å². The zero-order valence-corrected chi connectivity index (χ0v) is 19.4. The molecule has 2 aromatic rings. The zero-order chi connectivity index (χ0) is 19.5. The molecule has 0 aliphatic carbocycles. The Morgan fingerprint density at radius 2 is 2.00 bits per heavy atom. The summed E-state index contributed by atoms with van der Waals surface area (Å²) in [7, 11) is -1.86. The number of rotatable bonds is 10. The summed E-state index contributed by atoms with van der Waals surface area (Å²) in [6.45, 7) is 4.89. The molecule has 0 aliphatic rings. The molecule has 0 aliphatic heterocycles. The fourth-order valence-electron chi connectivity index (χ4n) is 2.50. The predicted molar refractivity (Wildman–Crippen MR) is 123 cm³/mol. The van der Waals surface area contributed by atoms with Crippen molar-refractivity contribution in [3.8, 4) is 0 Å². The van der Waals surface area contributed by atoms with E-state index in [0.717, 1.165) is 43.1 Å². The number of guanidine groups is 1. The molecule has 1 aromatic carbocycles. The summed E-state index contributed by atoms with van der Waals surface area (Å²) in [6, 6.07) is 9.39. The highest BCUT2D eigenvalue weighted by molar-refractivity contribution is 14.0. The summed E-state index contributed by atoms with van der Waals surface area (Å²) in [5.74, 6) is 0.707. The fourth-order valence-corrected chi connectivity index (χ4v) is 3.26. The molecule has 0 fully saturated rings. The highest BCUT2D eigenvalue weighted by atomic mass is 127. The molecule has 0 unspecified atom stereocenters. The van der Waals surface area contributed by atoms with Crippen LogP contribution >= 0.6 is 24.0 Å². The molecule has 1 heterocycles. The van der Waals surface area contributed by atoms with Gasteiger partial charge in [0.15, 0.2) is 5.96 Å². The third kappa shape index (κ3) is 9.02. The average molecular weight is 520 g/mol. The van der Waals surface area contributed by atoms with Gasteiger partial charge >= 0.3 is 0 Å². The van der Waals surface area contributed by atoms with E-state index in [4.69, 9.17) is 0 Å². The van der Waals surface area contributed by atoms with Gasteiger partial charge in [0.2, 0.25) is 10.0 Å². The third-order valence-electron chi connectivity index (χ3n) is 3.84. The number of benzene rings is 1. The van der Waals surface area contributed by atoms with Crippen LogP contribution in [0.3, 0.4) is 0 Å². The summed E-state index contributed by atoms with van der Waals surface area (Å²) in [6.07, 6.45) is 4.65. The van der Waals surface area contributed by atoms with E-state index < -0.39 is 10.0 Å². The highest BCUT2D eigenvalue weighted by Gasteiger charge is 2.08. The van der Waals surface area contributed by atoms with Crippen LogP contribution in [0.2, 0.25) is 0 Å². The molecule has 0 amide bonds. The van der Waals surface area contributed by atoms with Gasteiger partial charge in [0.05, 0.1) is 12.3 Å². The van der Waals surface area contributed by atoms with Crippen LogP contribution in [0, 0.1) is 0 Å². The van der Waals surface area contributed by atoms with E-state index in [0.29, 0.717) is 6.54 Å². The average Bonchev–Trinajstić information content (AvgIpc) is 3.16. The van der Waals surface area contributed by atoms with Crippen molar-refractivity contribution in [1.29, 1.82) is 0 Å². The topological polar surface area (TPSA) is 100 Å². The molecule has 8 nitrogen and oxygen atoms in total. The largest absolute Gasteiger partial charge is 0.357 e. The lowest BCUT2D eigenvalue weighted by molar-refractivity contribution is 0.570. The van der Waals surface area contributed by atoms with Crippen LogP contribution in [-0.2, 0) is 28.9 Å². The van der Waals surface area contributed by atoms with Gasteiger partial charge in [-0.2, -0.15) is 5.10 Å². The predicted octanol–water partition coefficient (Wildman–Crippen LogP) is 1.70. The van der Waals surface area contributed by atoms with E-state index in [9.17, 15) is 8.42 Å². The smallest absolute Gasteiger partial charge is 0.215 e. The maximum atomic E-state index is 11.7. The molecular weight excluding hydrogens is 491 g/mol. The zero-order valence-electron chi connectivity index (χ0n) is 16.3. The first-order valence-electron chi connectivity index (χ1n) is 9.01. The van der Waals surface area contributed by atoms with Crippen LogP contribution in [-0.4, -0.2) is 44.3 Å². The molecule has 3 N–H and O–H groups in total. The van der Waals surface area contributed by atoms with Crippen LogP contribution < -0.4 is 15.4 Å². The minimum atomic E-state index is -3.28. The minimum absolute atomic E-state index is 0. The maximum absolute atomic E-state index is 11.7. The first kappa shape index (κ1) is 24.4.